The number of nitrogens with two attached hydrogens (primary N) is 1. The number of hydrogen-bond acceptors (Lipinski definition) is 3. The summed E-state index contributed by atoms with van der Waals surface area (Å²) >= 11 is 3.15. The topological polar surface area (TPSA) is 72.6 Å². The predicted molar refractivity (Wildman–Crippen MR) is 73.4 cm³/mol. The molecule has 1 atom stereocenters. The lowest BCUT2D eigenvalue weighted by molar-refractivity contribution is -0.114. The Balaban J connectivity index is 2.50. The number of primary amides is 1. The summed E-state index contributed by atoms with van der Waals surface area (Å²) in [4.78, 5) is 10.8. The number of aliphatic hydroxyl groups is 1. The Morgan fingerprint density at radius 2 is 2.11 bits per heavy atom. The number of ether oxygens (including phenoxy) is 1. The number of rotatable bonds is 6. The van der Waals surface area contributed by atoms with Crippen LogP contribution in [0, 0.1) is 0 Å². The van der Waals surface area contributed by atoms with Crippen molar-refractivity contribution in [3.05, 3.63) is 42.0 Å². The minimum absolute atomic E-state index is 0.0690. The van der Waals surface area contributed by atoms with Gasteiger partial charge in [-0.2, -0.15) is 0 Å². The van der Waals surface area contributed by atoms with Gasteiger partial charge in [0.15, 0.2) is 4.51 Å². The third kappa shape index (κ3) is 5.33. The maximum Gasteiger partial charge on any atom is 0.244 e. The highest BCUT2D eigenvalue weighted by Gasteiger charge is 2.22. The van der Waals surface area contributed by atoms with Crippen LogP contribution in [0.4, 0.5) is 0 Å². The molecule has 98 valence electrons. The second-order valence-electron chi connectivity index (χ2n) is 3.98. The van der Waals surface area contributed by atoms with Crippen LogP contribution in [0.5, 0.6) is 5.75 Å². The molecule has 1 aromatic rings. The SMILES string of the molecule is CC(=CCC(O)(Br)COc1ccccc1)C(N)=O. The van der Waals surface area contributed by atoms with Crippen LogP contribution in [0.2, 0.25) is 0 Å². The van der Waals surface area contributed by atoms with Gasteiger partial charge < -0.3 is 15.6 Å². The first-order chi connectivity index (χ1) is 8.41. The zero-order chi connectivity index (χ0) is 13.6. The molecule has 0 bridgehead atoms. The van der Waals surface area contributed by atoms with Crippen molar-refractivity contribution in [1.82, 2.24) is 0 Å². The number of carbonyl (C=O) groups excluding carboxylic acids is 1. The number of para-hydroxylation sites is 1. The van der Waals surface area contributed by atoms with E-state index in [1.54, 1.807) is 25.1 Å². The van der Waals surface area contributed by atoms with Gasteiger partial charge in [0.1, 0.15) is 12.4 Å². The molecule has 3 N–H and O–H groups in total. The molecular formula is C13H16BrNO3. The van der Waals surface area contributed by atoms with Crippen LogP contribution in [-0.4, -0.2) is 22.1 Å². The van der Waals surface area contributed by atoms with E-state index in [1.807, 2.05) is 18.2 Å². The maximum absolute atomic E-state index is 10.8. The normalized spacial score (nSPS) is 14.9. The third-order valence-corrected chi connectivity index (χ3v) is 2.87. The molecule has 5 heteroatoms. The fraction of sp³-hybridized carbons (Fsp3) is 0.308. The Hall–Kier alpha value is -1.33. The average Bonchev–Trinajstić information content (AvgIpc) is 2.35. The van der Waals surface area contributed by atoms with Gasteiger partial charge in [0.2, 0.25) is 5.91 Å². The highest BCUT2D eigenvalue weighted by Crippen LogP contribution is 2.22. The van der Waals surface area contributed by atoms with Gasteiger partial charge in [-0.25, -0.2) is 0 Å². The molecule has 0 fully saturated rings. The van der Waals surface area contributed by atoms with Crippen molar-refractivity contribution in [2.75, 3.05) is 6.61 Å². The van der Waals surface area contributed by atoms with Crippen molar-refractivity contribution in [2.24, 2.45) is 5.73 Å². The summed E-state index contributed by atoms with van der Waals surface area (Å²) < 4.78 is 4.20. The lowest BCUT2D eigenvalue weighted by Crippen LogP contribution is -2.28. The van der Waals surface area contributed by atoms with Gasteiger partial charge in [-0.15, -0.1) is 0 Å². The molecule has 1 amide bonds. The summed E-state index contributed by atoms with van der Waals surface area (Å²) in [6.07, 6.45) is 1.81. The monoisotopic (exact) mass is 313 g/mol. The molecule has 18 heavy (non-hydrogen) atoms. The molecule has 0 aromatic heterocycles. The Labute approximate surface area is 115 Å². The summed E-state index contributed by atoms with van der Waals surface area (Å²) in [6, 6.07) is 9.17. The van der Waals surface area contributed by atoms with Crippen LogP contribution in [0.15, 0.2) is 42.0 Å². The molecule has 4 nitrogen and oxygen atoms in total. The molecule has 0 aliphatic carbocycles. The summed E-state index contributed by atoms with van der Waals surface area (Å²) in [6.45, 7) is 1.67. The van der Waals surface area contributed by atoms with Crippen LogP contribution >= 0.6 is 15.9 Å². The van der Waals surface area contributed by atoms with Crippen molar-refractivity contribution in [2.45, 2.75) is 17.9 Å². The summed E-state index contributed by atoms with van der Waals surface area (Å²) in [7, 11) is 0. The number of benzene rings is 1. The minimum atomic E-state index is -1.22. The Kier molecular flexibility index (Phi) is 5.37. The van der Waals surface area contributed by atoms with Crippen LogP contribution < -0.4 is 10.5 Å². The number of halogens is 1. The van der Waals surface area contributed by atoms with E-state index < -0.39 is 10.4 Å². The summed E-state index contributed by atoms with van der Waals surface area (Å²) in [5.74, 6) is 0.174. The lowest BCUT2D eigenvalue weighted by Gasteiger charge is -2.20. The van der Waals surface area contributed by atoms with E-state index in [0.717, 1.165) is 0 Å². The van der Waals surface area contributed by atoms with Gasteiger partial charge >= 0.3 is 0 Å². The Morgan fingerprint density at radius 1 is 1.50 bits per heavy atom. The number of carbonyl (C=O) groups is 1. The zero-order valence-electron chi connectivity index (χ0n) is 10.1. The first-order valence-electron chi connectivity index (χ1n) is 5.46. The zero-order valence-corrected chi connectivity index (χ0v) is 11.7. The molecular weight excluding hydrogens is 298 g/mol. The predicted octanol–water partition coefficient (Wildman–Crippen LogP) is 1.97. The van der Waals surface area contributed by atoms with Gasteiger partial charge in [-0.3, -0.25) is 4.79 Å². The van der Waals surface area contributed by atoms with E-state index in [0.29, 0.717) is 11.3 Å². The number of hydrogen-bond donors (Lipinski definition) is 2. The molecule has 1 rings (SSSR count). The third-order valence-electron chi connectivity index (χ3n) is 2.31. The molecule has 1 unspecified atom stereocenters. The van der Waals surface area contributed by atoms with Crippen LogP contribution in [0.25, 0.3) is 0 Å². The van der Waals surface area contributed by atoms with Crippen molar-refractivity contribution >= 4 is 21.8 Å². The molecule has 0 saturated heterocycles. The number of alkyl halides is 1. The lowest BCUT2D eigenvalue weighted by atomic mass is 10.2. The Morgan fingerprint density at radius 3 is 2.67 bits per heavy atom. The average molecular weight is 314 g/mol. The highest BCUT2D eigenvalue weighted by molar-refractivity contribution is 9.10. The highest BCUT2D eigenvalue weighted by atomic mass is 79.9. The molecule has 0 radical (unpaired) electrons. The second-order valence-corrected chi connectivity index (χ2v) is 5.45. The maximum atomic E-state index is 10.8. The van der Waals surface area contributed by atoms with Crippen molar-refractivity contribution in [3.8, 4) is 5.75 Å². The smallest absolute Gasteiger partial charge is 0.244 e. The van der Waals surface area contributed by atoms with Crippen LogP contribution in [-0.2, 0) is 4.79 Å². The molecule has 0 aliphatic rings. The molecule has 1 aromatic carbocycles. The molecule has 0 aliphatic heterocycles. The van der Waals surface area contributed by atoms with Crippen molar-refractivity contribution < 1.29 is 14.6 Å². The Bertz CT molecular complexity index is 429. The minimum Gasteiger partial charge on any atom is -0.490 e. The van der Waals surface area contributed by atoms with Crippen LogP contribution in [0.1, 0.15) is 13.3 Å². The largest absolute Gasteiger partial charge is 0.490 e. The summed E-state index contributed by atoms with van der Waals surface area (Å²) in [5.41, 5.74) is 5.50. The first-order valence-corrected chi connectivity index (χ1v) is 6.26. The van der Waals surface area contributed by atoms with E-state index in [2.05, 4.69) is 15.9 Å². The van der Waals surface area contributed by atoms with E-state index in [1.165, 1.54) is 0 Å². The van der Waals surface area contributed by atoms with Gasteiger partial charge in [-0.05, 0) is 19.1 Å². The standard InChI is InChI=1S/C13H16BrNO3/c1-10(12(15)16)7-8-13(14,17)9-18-11-5-3-2-4-6-11/h2-7,17H,8-9H2,1H3,(H2,15,16). The van der Waals surface area contributed by atoms with Gasteiger partial charge in [0.05, 0.1) is 0 Å². The quantitative estimate of drug-likeness (QED) is 0.623. The fourth-order valence-electron chi connectivity index (χ4n) is 1.18. The van der Waals surface area contributed by atoms with Gasteiger partial charge in [0.25, 0.3) is 0 Å². The molecule has 0 spiro atoms. The van der Waals surface area contributed by atoms with E-state index in [-0.39, 0.29) is 13.0 Å². The van der Waals surface area contributed by atoms with Crippen molar-refractivity contribution in [1.29, 1.82) is 0 Å². The van der Waals surface area contributed by atoms with E-state index in [4.69, 9.17) is 10.5 Å². The van der Waals surface area contributed by atoms with E-state index in [9.17, 15) is 9.90 Å². The summed E-state index contributed by atoms with van der Waals surface area (Å²) in [5, 5.41) is 10.0. The van der Waals surface area contributed by atoms with Gasteiger partial charge in [-0.1, -0.05) is 40.2 Å². The second kappa shape index (κ2) is 6.56. The number of amides is 1. The van der Waals surface area contributed by atoms with Gasteiger partial charge in [0, 0.05) is 12.0 Å². The first kappa shape index (κ1) is 14.7. The van der Waals surface area contributed by atoms with Crippen LogP contribution in [0.3, 0.4) is 0 Å². The van der Waals surface area contributed by atoms with E-state index >= 15 is 0 Å². The fourth-order valence-corrected chi connectivity index (χ4v) is 1.46. The molecule has 0 saturated carbocycles. The van der Waals surface area contributed by atoms with Crippen molar-refractivity contribution in [3.63, 3.8) is 0 Å². The molecule has 0 heterocycles.